The van der Waals surface area contributed by atoms with Gasteiger partial charge in [0, 0.05) is 0 Å². The van der Waals surface area contributed by atoms with E-state index in [9.17, 15) is 26.3 Å². The van der Waals surface area contributed by atoms with Crippen molar-refractivity contribution in [1.82, 2.24) is 0 Å². The molecule has 14 heavy (non-hydrogen) atoms. The zero-order chi connectivity index (χ0) is 11.4. The fourth-order valence-corrected chi connectivity index (χ4v) is 0.723. The third-order valence-corrected chi connectivity index (χ3v) is 1.36. The minimum Gasteiger partial charge on any atom is -0.492 e. The van der Waals surface area contributed by atoms with Gasteiger partial charge in [-0.3, -0.25) is 0 Å². The highest BCUT2D eigenvalue weighted by atomic mass is 19.4. The van der Waals surface area contributed by atoms with Gasteiger partial charge < -0.3 is 4.74 Å². The number of hydrogen-bond acceptors (Lipinski definition) is 1. The lowest BCUT2D eigenvalue weighted by Crippen LogP contribution is -2.43. The first-order valence-corrected chi connectivity index (χ1v) is 3.51. The molecule has 0 fully saturated rings. The van der Waals surface area contributed by atoms with Gasteiger partial charge in [0.1, 0.15) is 6.67 Å². The van der Waals surface area contributed by atoms with E-state index in [1.165, 1.54) is 0 Å². The molecule has 0 rings (SSSR count). The van der Waals surface area contributed by atoms with E-state index < -0.39 is 31.3 Å². The summed E-state index contributed by atoms with van der Waals surface area (Å²) in [6.45, 7) is 1.08. The Morgan fingerprint density at radius 3 is 2.07 bits per heavy atom. The van der Waals surface area contributed by atoms with Crippen molar-refractivity contribution in [2.24, 2.45) is 0 Å². The minimum absolute atomic E-state index is 0.436. The Morgan fingerprint density at radius 2 is 1.79 bits per heavy atom. The van der Waals surface area contributed by atoms with E-state index in [2.05, 4.69) is 11.3 Å². The summed E-state index contributed by atoms with van der Waals surface area (Å²) < 4.78 is 75.8. The van der Waals surface area contributed by atoms with Crippen molar-refractivity contribution in [3.63, 3.8) is 0 Å². The van der Waals surface area contributed by atoms with Crippen LogP contribution in [0, 0.1) is 0 Å². The van der Waals surface area contributed by atoms with Crippen LogP contribution >= 0.6 is 0 Å². The molecule has 0 aromatic heterocycles. The smallest absolute Gasteiger partial charge is 0.423 e. The summed E-state index contributed by atoms with van der Waals surface area (Å²) in [4.78, 5) is 0. The monoisotopic (exact) mass is 222 g/mol. The maximum atomic E-state index is 12.5. The summed E-state index contributed by atoms with van der Waals surface area (Å²) in [5.74, 6) is 0. The second-order valence-corrected chi connectivity index (χ2v) is 2.38. The molecule has 0 N–H and O–H groups in total. The predicted octanol–water partition coefficient (Wildman–Crippen LogP) is 2.72. The van der Waals surface area contributed by atoms with Crippen molar-refractivity contribution in [3.8, 4) is 0 Å². The number of hydrogen-bond donors (Lipinski definition) is 0. The fourth-order valence-electron chi connectivity index (χ4n) is 0.723. The van der Waals surface area contributed by atoms with Crippen molar-refractivity contribution in [2.75, 3.05) is 6.67 Å². The van der Waals surface area contributed by atoms with Gasteiger partial charge in [0.15, 0.2) is 12.3 Å². The summed E-state index contributed by atoms with van der Waals surface area (Å²) >= 11 is 0. The van der Waals surface area contributed by atoms with Crippen LogP contribution in [0.1, 0.15) is 0 Å². The fraction of sp³-hybridized carbons (Fsp3) is 0.714. The van der Waals surface area contributed by atoms with Crippen molar-refractivity contribution in [1.29, 1.82) is 0 Å². The van der Waals surface area contributed by atoms with E-state index in [1.54, 1.807) is 0 Å². The lowest BCUT2D eigenvalue weighted by molar-refractivity contribution is -0.214. The number of ether oxygens (including phenoxy) is 1. The van der Waals surface area contributed by atoms with Gasteiger partial charge in [0.05, 0.1) is 6.26 Å². The van der Waals surface area contributed by atoms with Crippen LogP contribution < -0.4 is 0 Å². The standard InChI is InChI=1S/C7H8F6O/c1-2-14-5(4(9)3-8)6(10)7(11,12)13/h2,4-6H,1,3H2. The summed E-state index contributed by atoms with van der Waals surface area (Å²) in [5.41, 5.74) is 0. The second kappa shape index (κ2) is 5.11. The van der Waals surface area contributed by atoms with Gasteiger partial charge in [-0.05, 0) is 0 Å². The Labute approximate surface area is 76.3 Å². The molecular weight excluding hydrogens is 214 g/mol. The summed E-state index contributed by atoms with van der Waals surface area (Å²) in [5, 5.41) is 0. The predicted molar refractivity (Wildman–Crippen MR) is 36.9 cm³/mol. The van der Waals surface area contributed by atoms with E-state index in [0.717, 1.165) is 0 Å². The third kappa shape index (κ3) is 3.47. The van der Waals surface area contributed by atoms with Crippen molar-refractivity contribution < 1.29 is 31.1 Å². The number of rotatable bonds is 5. The number of alkyl halides is 6. The van der Waals surface area contributed by atoms with Crippen molar-refractivity contribution in [2.45, 2.75) is 24.6 Å². The van der Waals surface area contributed by atoms with Crippen LogP contribution in [-0.2, 0) is 4.74 Å². The van der Waals surface area contributed by atoms with E-state index in [0.29, 0.717) is 6.26 Å². The van der Waals surface area contributed by atoms with Gasteiger partial charge in [-0.2, -0.15) is 13.2 Å². The zero-order valence-corrected chi connectivity index (χ0v) is 6.90. The van der Waals surface area contributed by atoms with E-state index in [4.69, 9.17) is 0 Å². The molecule has 0 aromatic rings. The van der Waals surface area contributed by atoms with Crippen LogP contribution in [0.15, 0.2) is 12.8 Å². The zero-order valence-electron chi connectivity index (χ0n) is 6.90. The average Bonchev–Trinajstić information content (AvgIpc) is 2.10. The lowest BCUT2D eigenvalue weighted by atomic mass is 10.1. The molecule has 3 unspecified atom stereocenters. The number of halogens is 6. The quantitative estimate of drug-likeness (QED) is 0.513. The molecule has 0 spiro atoms. The third-order valence-electron chi connectivity index (χ3n) is 1.36. The van der Waals surface area contributed by atoms with Gasteiger partial charge in [-0.25, -0.2) is 13.2 Å². The van der Waals surface area contributed by atoms with Gasteiger partial charge in [0.25, 0.3) is 0 Å². The largest absolute Gasteiger partial charge is 0.492 e. The van der Waals surface area contributed by atoms with E-state index >= 15 is 0 Å². The van der Waals surface area contributed by atoms with Crippen LogP contribution in [-0.4, -0.2) is 31.3 Å². The molecule has 0 radical (unpaired) electrons. The molecule has 0 aliphatic heterocycles. The Morgan fingerprint density at radius 1 is 1.29 bits per heavy atom. The molecular formula is C7H8F6O. The van der Waals surface area contributed by atoms with Crippen LogP contribution in [0.4, 0.5) is 26.3 Å². The van der Waals surface area contributed by atoms with Crippen molar-refractivity contribution >= 4 is 0 Å². The first-order valence-electron chi connectivity index (χ1n) is 3.51. The first kappa shape index (κ1) is 13.1. The molecule has 0 aromatic carbocycles. The normalized spacial score (nSPS) is 18.4. The minimum atomic E-state index is -5.28. The molecule has 84 valence electrons. The Bertz CT molecular complexity index is 180. The highest BCUT2D eigenvalue weighted by Crippen LogP contribution is 2.29. The van der Waals surface area contributed by atoms with Gasteiger partial charge in [-0.1, -0.05) is 6.58 Å². The highest BCUT2D eigenvalue weighted by molar-refractivity contribution is 4.84. The van der Waals surface area contributed by atoms with Crippen molar-refractivity contribution in [3.05, 3.63) is 12.8 Å². The molecule has 0 saturated carbocycles. The summed E-state index contributed by atoms with van der Waals surface area (Å²) in [6.07, 6.45) is -13.6. The maximum Gasteiger partial charge on any atom is 0.423 e. The Balaban J connectivity index is 4.55. The Hall–Kier alpha value is -0.880. The highest BCUT2D eigenvalue weighted by Gasteiger charge is 2.49. The lowest BCUT2D eigenvalue weighted by Gasteiger charge is -2.23. The topological polar surface area (TPSA) is 9.23 Å². The molecule has 0 saturated heterocycles. The Kier molecular flexibility index (Phi) is 4.79. The maximum absolute atomic E-state index is 12.5. The van der Waals surface area contributed by atoms with Gasteiger partial charge >= 0.3 is 6.18 Å². The average molecular weight is 222 g/mol. The van der Waals surface area contributed by atoms with Gasteiger partial charge in [0.2, 0.25) is 6.17 Å². The molecule has 1 nitrogen and oxygen atoms in total. The molecule has 0 bridgehead atoms. The molecule has 3 atom stereocenters. The van der Waals surface area contributed by atoms with Crippen LogP contribution in [0.5, 0.6) is 0 Å². The summed E-state index contributed by atoms with van der Waals surface area (Å²) in [7, 11) is 0. The van der Waals surface area contributed by atoms with Crippen LogP contribution in [0.25, 0.3) is 0 Å². The molecule has 0 heterocycles. The van der Waals surface area contributed by atoms with Crippen LogP contribution in [0.2, 0.25) is 0 Å². The van der Waals surface area contributed by atoms with E-state index in [1.807, 2.05) is 0 Å². The molecule has 7 heteroatoms. The second-order valence-electron chi connectivity index (χ2n) is 2.38. The van der Waals surface area contributed by atoms with E-state index in [-0.39, 0.29) is 0 Å². The first-order chi connectivity index (χ1) is 6.34. The molecule has 0 aliphatic rings. The summed E-state index contributed by atoms with van der Waals surface area (Å²) in [6, 6.07) is 0. The molecule has 0 aliphatic carbocycles. The van der Waals surface area contributed by atoms with Crippen LogP contribution in [0.3, 0.4) is 0 Å². The van der Waals surface area contributed by atoms with Gasteiger partial charge in [-0.15, -0.1) is 0 Å². The molecule has 0 amide bonds. The SMILES string of the molecule is C=COC(C(F)CF)C(F)C(F)(F)F.